The molecule has 0 N–H and O–H groups in total. The van der Waals surface area contributed by atoms with Gasteiger partial charge in [0.2, 0.25) is 0 Å². The molecule has 1 aromatic carbocycles. The van der Waals surface area contributed by atoms with Gasteiger partial charge in [-0.2, -0.15) is 0 Å². The second kappa shape index (κ2) is 14.5. The van der Waals surface area contributed by atoms with E-state index in [0.29, 0.717) is 18.9 Å². The Morgan fingerprint density at radius 3 is 1.90 bits per heavy atom. The molecule has 0 bridgehead atoms. The molecule has 0 atom stereocenters. The van der Waals surface area contributed by atoms with Gasteiger partial charge < -0.3 is 0 Å². The fourth-order valence-corrected chi connectivity index (χ4v) is 21.1. The van der Waals surface area contributed by atoms with Crippen molar-refractivity contribution in [3.05, 3.63) is 29.8 Å². The second-order valence-corrected chi connectivity index (χ2v) is 22.9. The Bertz CT molecular complexity index is 568. The standard InChI is InChI=1S/C15H19O2.3C4H9.Sn/c16-15(11-13-7-3-1-4-8-13)17-12-14-9-5-2-6-10-14;3*1-3-4-2;/h5-6,9-10,13H,1,3-4,7-8,11-12H2;3*1,3-4H2,2H3;. The first-order chi connectivity index (χ1) is 14.6. The molecule has 2 nitrogen and oxygen atoms in total. The predicted octanol–water partition coefficient (Wildman–Crippen LogP) is 7.76. The molecule has 3 heteroatoms. The molecule has 1 aromatic rings. The zero-order valence-corrected chi connectivity index (χ0v) is 22.9. The van der Waals surface area contributed by atoms with E-state index in [0.717, 1.165) is 5.56 Å². The van der Waals surface area contributed by atoms with E-state index in [-0.39, 0.29) is 5.97 Å². The first-order valence-corrected chi connectivity index (χ1v) is 20.4. The molecule has 0 saturated heterocycles. The van der Waals surface area contributed by atoms with Crippen LogP contribution in [0.15, 0.2) is 24.3 Å². The third kappa shape index (κ3) is 8.55. The molecule has 1 aliphatic carbocycles. The number of carbonyl (C=O) groups is 1. The van der Waals surface area contributed by atoms with Crippen molar-refractivity contribution in [2.45, 2.75) is 118 Å². The van der Waals surface area contributed by atoms with Crippen LogP contribution >= 0.6 is 0 Å². The van der Waals surface area contributed by atoms with Crippen molar-refractivity contribution in [3.8, 4) is 0 Å². The number of ether oxygens (including phenoxy) is 1. The van der Waals surface area contributed by atoms with Gasteiger partial charge in [0, 0.05) is 0 Å². The van der Waals surface area contributed by atoms with Crippen molar-refractivity contribution in [2.24, 2.45) is 5.92 Å². The SMILES string of the molecule is CCC[CH2][Sn]([CH2]CCC)([CH2]CCC)[c]1ccc(COC(=O)CC2CCCCC2)cc1. The number of carbonyl (C=O) groups excluding carboxylic acids is 1. The molecule has 170 valence electrons. The van der Waals surface area contributed by atoms with Gasteiger partial charge in [-0.25, -0.2) is 0 Å². The molecular formula is C27H46O2Sn. The number of benzene rings is 1. The summed E-state index contributed by atoms with van der Waals surface area (Å²) >= 11 is -2.34. The van der Waals surface area contributed by atoms with Crippen LogP contribution in [0.3, 0.4) is 0 Å². The Hall–Kier alpha value is -0.511. The van der Waals surface area contributed by atoms with Gasteiger partial charge in [-0.1, -0.05) is 0 Å². The minimum atomic E-state index is -2.34. The Kier molecular flexibility index (Phi) is 12.5. The van der Waals surface area contributed by atoms with Gasteiger partial charge >= 0.3 is 191 Å². The normalized spacial score (nSPS) is 15.3. The van der Waals surface area contributed by atoms with Gasteiger partial charge in [0.15, 0.2) is 0 Å². The molecule has 2 rings (SSSR count). The molecule has 0 aliphatic heterocycles. The summed E-state index contributed by atoms with van der Waals surface area (Å²) < 4.78 is 11.8. The summed E-state index contributed by atoms with van der Waals surface area (Å²) in [6.45, 7) is 7.44. The maximum atomic E-state index is 12.3. The number of unbranched alkanes of at least 4 members (excludes halogenated alkanes) is 3. The fraction of sp³-hybridized carbons (Fsp3) is 0.741. The van der Waals surface area contributed by atoms with Gasteiger partial charge in [-0.15, -0.1) is 0 Å². The Labute approximate surface area is 190 Å². The van der Waals surface area contributed by atoms with Crippen molar-refractivity contribution in [3.63, 3.8) is 0 Å². The van der Waals surface area contributed by atoms with Crippen molar-refractivity contribution < 1.29 is 9.53 Å². The number of hydrogen-bond donors (Lipinski definition) is 0. The minimum absolute atomic E-state index is 0.00617. The molecule has 0 aromatic heterocycles. The summed E-state index contributed by atoms with van der Waals surface area (Å²) in [5.41, 5.74) is 1.15. The Balaban J connectivity index is 1.98. The third-order valence-electron chi connectivity index (χ3n) is 7.17. The van der Waals surface area contributed by atoms with E-state index in [1.807, 2.05) is 0 Å². The van der Waals surface area contributed by atoms with Crippen LogP contribution in [0.1, 0.15) is 103 Å². The van der Waals surface area contributed by atoms with Gasteiger partial charge in [-0.3, -0.25) is 0 Å². The van der Waals surface area contributed by atoms with Crippen molar-refractivity contribution in [1.82, 2.24) is 0 Å². The van der Waals surface area contributed by atoms with Crippen LogP contribution in [-0.4, -0.2) is 24.3 Å². The van der Waals surface area contributed by atoms with Crippen LogP contribution < -0.4 is 3.58 Å². The zero-order valence-electron chi connectivity index (χ0n) is 20.0. The third-order valence-corrected chi connectivity index (χ3v) is 22.8. The van der Waals surface area contributed by atoms with Crippen molar-refractivity contribution >= 4 is 27.9 Å². The molecule has 0 spiro atoms. The number of hydrogen-bond acceptors (Lipinski definition) is 2. The molecule has 1 fully saturated rings. The molecule has 0 radical (unpaired) electrons. The summed E-state index contributed by atoms with van der Waals surface area (Å²) in [4.78, 5) is 12.3. The van der Waals surface area contributed by atoms with E-state index < -0.39 is 18.4 Å². The first kappa shape index (κ1) is 25.7. The summed E-state index contributed by atoms with van der Waals surface area (Å²) in [5.74, 6) is 0.548. The summed E-state index contributed by atoms with van der Waals surface area (Å²) in [6.07, 6.45) is 15.0. The summed E-state index contributed by atoms with van der Waals surface area (Å²) in [7, 11) is 0. The average molecular weight is 521 g/mol. The molecule has 0 unspecified atom stereocenters. The van der Waals surface area contributed by atoms with E-state index >= 15 is 0 Å². The quantitative estimate of drug-likeness (QED) is 0.185. The molecular weight excluding hydrogens is 475 g/mol. The van der Waals surface area contributed by atoms with Gasteiger partial charge in [0.05, 0.1) is 0 Å². The van der Waals surface area contributed by atoms with E-state index in [4.69, 9.17) is 4.74 Å². The predicted molar refractivity (Wildman–Crippen MR) is 132 cm³/mol. The second-order valence-electron chi connectivity index (χ2n) is 9.66. The van der Waals surface area contributed by atoms with E-state index in [9.17, 15) is 4.79 Å². The average Bonchev–Trinajstić information content (AvgIpc) is 2.78. The van der Waals surface area contributed by atoms with Crippen LogP contribution in [0.4, 0.5) is 0 Å². The monoisotopic (exact) mass is 522 g/mol. The van der Waals surface area contributed by atoms with Crippen LogP contribution in [0.2, 0.25) is 13.3 Å². The fourth-order valence-electron chi connectivity index (χ4n) is 5.16. The Morgan fingerprint density at radius 1 is 0.867 bits per heavy atom. The molecule has 30 heavy (non-hydrogen) atoms. The van der Waals surface area contributed by atoms with Gasteiger partial charge in [-0.05, 0) is 0 Å². The topological polar surface area (TPSA) is 26.3 Å². The molecule has 0 heterocycles. The Morgan fingerprint density at radius 2 is 1.40 bits per heavy atom. The summed E-state index contributed by atoms with van der Waals surface area (Å²) in [5, 5.41) is 0. The van der Waals surface area contributed by atoms with E-state index in [1.54, 1.807) is 3.58 Å². The molecule has 0 amide bonds. The van der Waals surface area contributed by atoms with Crippen molar-refractivity contribution in [1.29, 1.82) is 0 Å². The van der Waals surface area contributed by atoms with Crippen LogP contribution in [0.5, 0.6) is 0 Å². The maximum absolute atomic E-state index is 12.3. The van der Waals surface area contributed by atoms with Crippen molar-refractivity contribution in [2.75, 3.05) is 0 Å². The van der Waals surface area contributed by atoms with Crippen LogP contribution in [0.25, 0.3) is 0 Å². The zero-order chi connectivity index (χ0) is 21.7. The van der Waals surface area contributed by atoms with Gasteiger partial charge in [0.1, 0.15) is 0 Å². The molecule has 1 saturated carbocycles. The summed E-state index contributed by atoms with van der Waals surface area (Å²) in [6, 6.07) is 9.33. The van der Waals surface area contributed by atoms with Gasteiger partial charge in [0.25, 0.3) is 0 Å². The van der Waals surface area contributed by atoms with E-state index in [2.05, 4.69) is 45.0 Å². The van der Waals surface area contributed by atoms with Crippen LogP contribution in [-0.2, 0) is 16.1 Å². The molecule has 1 aliphatic rings. The van der Waals surface area contributed by atoms with E-state index in [1.165, 1.54) is 83.9 Å². The van der Waals surface area contributed by atoms with Crippen LogP contribution in [0, 0.1) is 5.92 Å². The first-order valence-electron chi connectivity index (χ1n) is 12.9. The number of rotatable bonds is 14. The number of esters is 1.